The Morgan fingerprint density at radius 2 is 1.72 bits per heavy atom. The minimum Gasteiger partial charge on any atom is -0.449 e. The Kier molecular flexibility index (Phi) is 5.70. The predicted molar refractivity (Wildman–Crippen MR) is 124 cm³/mol. The lowest BCUT2D eigenvalue weighted by atomic mass is 9.90. The van der Waals surface area contributed by atoms with Crippen molar-refractivity contribution in [2.24, 2.45) is 5.92 Å². The molecule has 0 aromatic heterocycles. The third-order valence-corrected chi connectivity index (χ3v) is 9.21. The van der Waals surface area contributed by atoms with E-state index in [4.69, 9.17) is 27.9 Å². The number of carbonyl (C=O) groups is 1. The fourth-order valence-corrected chi connectivity index (χ4v) is 7.01. The molecule has 32 heavy (non-hydrogen) atoms. The summed E-state index contributed by atoms with van der Waals surface area (Å²) in [5.41, 5.74) is 0. The first-order valence-electron chi connectivity index (χ1n) is 10.5. The zero-order chi connectivity index (χ0) is 22.5. The summed E-state index contributed by atoms with van der Waals surface area (Å²) in [6.45, 7) is 0.896. The van der Waals surface area contributed by atoms with Crippen molar-refractivity contribution >= 4 is 50.1 Å². The number of allylic oxidation sites excluding steroid dienone is 2. The molecule has 9 heteroatoms. The standard InChI is InChI=1S/C23H22Cl2N2O4S/c24-19-6-3-7-21-18(19)14-31-23(28)27(21)15-10-12-26(13-11-15)32(29,30)22-9-8-20(25)16-4-1-2-5-17(16)22/h1-9,15,18,21H,10-14H2. The Bertz CT molecular complexity index is 1240. The molecule has 168 valence electrons. The Morgan fingerprint density at radius 1 is 1.00 bits per heavy atom. The topological polar surface area (TPSA) is 66.9 Å². The van der Waals surface area contributed by atoms with Gasteiger partial charge in [0.25, 0.3) is 0 Å². The Morgan fingerprint density at radius 3 is 2.47 bits per heavy atom. The maximum atomic E-state index is 13.5. The van der Waals surface area contributed by atoms with Crippen molar-refractivity contribution in [2.45, 2.75) is 29.8 Å². The number of piperidine rings is 1. The van der Waals surface area contributed by atoms with Crippen LogP contribution in [0, 0.1) is 5.92 Å². The number of carbonyl (C=O) groups excluding carboxylic acids is 1. The van der Waals surface area contributed by atoms with Gasteiger partial charge in [0.1, 0.15) is 6.61 Å². The van der Waals surface area contributed by atoms with Gasteiger partial charge in [0.15, 0.2) is 0 Å². The van der Waals surface area contributed by atoms with Crippen molar-refractivity contribution in [3.8, 4) is 0 Å². The largest absolute Gasteiger partial charge is 0.449 e. The zero-order valence-electron chi connectivity index (χ0n) is 17.2. The molecule has 5 rings (SSSR count). The van der Waals surface area contributed by atoms with Crippen LogP contribution in [0.4, 0.5) is 4.79 Å². The van der Waals surface area contributed by atoms with Crippen molar-refractivity contribution in [3.63, 3.8) is 0 Å². The van der Waals surface area contributed by atoms with Crippen molar-refractivity contribution in [1.82, 2.24) is 9.21 Å². The van der Waals surface area contributed by atoms with Crippen LogP contribution in [0.3, 0.4) is 0 Å². The molecule has 2 fully saturated rings. The molecule has 2 unspecified atom stereocenters. The molecule has 2 atom stereocenters. The second-order valence-electron chi connectivity index (χ2n) is 8.24. The third-order valence-electron chi connectivity index (χ3n) is 6.51. The van der Waals surface area contributed by atoms with Crippen molar-refractivity contribution in [3.05, 3.63) is 64.7 Å². The number of amides is 1. The Balaban J connectivity index is 1.37. The van der Waals surface area contributed by atoms with Gasteiger partial charge in [0.2, 0.25) is 10.0 Å². The summed E-state index contributed by atoms with van der Waals surface area (Å²) in [5.74, 6) is -0.0819. The number of nitrogens with zero attached hydrogens (tertiary/aromatic N) is 2. The van der Waals surface area contributed by atoms with E-state index in [0.29, 0.717) is 46.8 Å². The number of halogens is 2. The minimum absolute atomic E-state index is 0.0819. The van der Waals surface area contributed by atoms with Gasteiger partial charge in [-0.05, 0) is 31.1 Å². The molecule has 2 aliphatic heterocycles. The number of fused-ring (bicyclic) bond motifs is 2. The molecule has 3 aliphatic rings. The number of hydrogen-bond donors (Lipinski definition) is 0. The summed E-state index contributed by atoms with van der Waals surface area (Å²) in [6, 6.07) is 10.1. The highest BCUT2D eigenvalue weighted by molar-refractivity contribution is 7.89. The van der Waals surface area contributed by atoms with Crippen LogP contribution < -0.4 is 0 Å². The molecule has 0 spiro atoms. The molecule has 6 nitrogen and oxygen atoms in total. The molecule has 2 heterocycles. The van der Waals surface area contributed by atoms with Gasteiger partial charge >= 0.3 is 6.09 Å². The summed E-state index contributed by atoms with van der Waals surface area (Å²) in [7, 11) is -3.71. The average Bonchev–Trinajstić information content (AvgIpc) is 2.79. The summed E-state index contributed by atoms with van der Waals surface area (Å²) in [4.78, 5) is 14.6. The normalized spacial score (nSPS) is 24.9. The van der Waals surface area contributed by atoms with Crippen LogP contribution in [0.2, 0.25) is 5.02 Å². The molecular formula is C23H22Cl2N2O4S. The van der Waals surface area contributed by atoms with E-state index in [2.05, 4.69) is 0 Å². The van der Waals surface area contributed by atoms with Crippen LogP contribution in [-0.2, 0) is 14.8 Å². The first-order valence-corrected chi connectivity index (χ1v) is 12.7. The van der Waals surface area contributed by atoms with E-state index < -0.39 is 10.0 Å². The number of hydrogen-bond acceptors (Lipinski definition) is 4. The van der Waals surface area contributed by atoms with Gasteiger partial charge in [0.05, 0.1) is 16.9 Å². The van der Waals surface area contributed by atoms with Crippen molar-refractivity contribution in [2.75, 3.05) is 19.7 Å². The lowest BCUT2D eigenvalue weighted by Crippen LogP contribution is -2.57. The fourth-order valence-electron chi connectivity index (χ4n) is 4.86. The average molecular weight is 493 g/mol. The summed E-state index contributed by atoms with van der Waals surface area (Å²) in [6.07, 6.45) is 6.34. The molecule has 1 aliphatic carbocycles. The summed E-state index contributed by atoms with van der Waals surface area (Å²) >= 11 is 12.6. The van der Waals surface area contributed by atoms with E-state index in [-0.39, 0.29) is 35.6 Å². The van der Waals surface area contributed by atoms with Crippen molar-refractivity contribution in [1.29, 1.82) is 0 Å². The molecule has 0 radical (unpaired) electrons. The lowest BCUT2D eigenvalue weighted by Gasteiger charge is -2.46. The molecular weight excluding hydrogens is 471 g/mol. The van der Waals surface area contributed by atoms with E-state index in [0.717, 1.165) is 0 Å². The van der Waals surface area contributed by atoms with Gasteiger partial charge in [-0.25, -0.2) is 13.2 Å². The predicted octanol–water partition coefficient (Wildman–Crippen LogP) is 4.78. The highest BCUT2D eigenvalue weighted by Crippen LogP contribution is 2.36. The number of rotatable bonds is 3. The number of ether oxygens (including phenoxy) is 1. The second kappa shape index (κ2) is 8.37. The maximum absolute atomic E-state index is 13.5. The lowest BCUT2D eigenvalue weighted by molar-refractivity contribution is 0.00514. The van der Waals surface area contributed by atoms with Crippen molar-refractivity contribution < 1.29 is 17.9 Å². The first-order chi connectivity index (χ1) is 15.4. The zero-order valence-corrected chi connectivity index (χ0v) is 19.5. The molecule has 0 saturated carbocycles. The summed E-state index contributed by atoms with van der Waals surface area (Å²) < 4.78 is 33.8. The highest BCUT2D eigenvalue weighted by atomic mass is 35.5. The number of benzene rings is 2. The number of cyclic esters (lactones) is 1. The van der Waals surface area contributed by atoms with Gasteiger partial charge < -0.3 is 4.74 Å². The van der Waals surface area contributed by atoms with Crippen LogP contribution >= 0.6 is 23.2 Å². The Hall–Kier alpha value is -2.06. The molecule has 2 aromatic carbocycles. The van der Waals surface area contributed by atoms with Gasteiger partial charge in [-0.3, -0.25) is 4.90 Å². The van der Waals surface area contributed by atoms with Gasteiger partial charge in [-0.1, -0.05) is 59.6 Å². The van der Waals surface area contributed by atoms with Crippen LogP contribution in [-0.4, -0.2) is 55.5 Å². The van der Waals surface area contributed by atoms with E-state index in [1.807, 2.05) is 30.4 Å². The first kappa shape index (κ1) is 21.8. The van der Waals surface area contributed by atoms with E-state index >= 15 is 0 Å². The molecule has 1 amide bonds. The monoisotopic (exact) mass is 492 g/mol. The Labute approximate surface area is 197 Å². The molecule has 0 N–H and O–H groups in total. The molecule has 2 saturated heterocycles. The molecule has 0 bridgehead atoms. The van der Waals surface area contributed by atoms with Crippen LogP contribution in [0.15, 0.2) is 64.6 Å². The highest BCUT2D eigenvalue weighted by Gasteiger charge is 2.43. The fraction of sp³-hybridized carbons (Fsp3) is 0.348. The maximum Gasteiger partial charge on any atom is 0.410 e. The van der Waals surface area contributed by atoms with Gasteiger partial charge in [0, 0.05) is 40.0 Å². The van der Waals surface area contributed by atoms with Gasteiger partial charge in [-0.2, -0.15) is 4.31 Å². The second-order valence-corrected chi connectivity index (χ2v) is 11.0. The van der Waals surface area contributed by atoms with E-state index in [1.165, 1.54) is 4.31 Å². The molecule has 2 aromatic rings. The number of sulfonamides is 1. The van der Waals surface area contributed by atoms with Gasteiger partial charge in [-0.15, -0.1) is 0 Å². The smallest absolute Gasteiger partial charge is 0.410 e. The van der Waals surface area contributed by atoms with Crippen LogP contribution in [0.25, 0.3) is 10.8 Å². The minimum atomic E-state index is -3.71. The quantitative estimate of drug-likeness (QED) is 0.618. The third kappa shape index (κ3) is 3.61. The van der Waals surface area contributed by atoms with Crippen LogP contribution in [0.5, 0.6) is 0 Å². The van der Waals surface area contributed by atoms with E-state index in [9.17, 15) is 13.2 Å². The van der Waals surface area contributed by atoms with Crippen LogP contribution in [0.1, 0.15) is 12.8 Å². The SMILES string of the molecule is O=C1OCC2C(Cl)=CC=CC2N1C1CCN(S(=O)(=O)c2ccc(Cl)c3ccccc23)CC1. The summed E-state index contributed by atoms with van der Waals surface area (Å²) in [5, 5.41) is 2.51. The van der Waals surface area contributed by atoms with E-state index in [1.54, 1.807) is 29.2 Å².